The molecule has 8 nitrogen and oxygen atoms in total. The summed E-state index contributed by atoms with van der Waals surface area (Å²) < 4.78 is 8.20. The normalized spacial score (nSPS) is 11.2. The van der Waals surface area contributed by atoms with E-state index in [0.29, 0.717) is 33.6 Å². The Balaban J connectivity index is 2.07. The van der Waals surface area contributed by atoms with Gasteiger partial charge in [-0.2, -0.15) is 5.26 Å². The summed E-state index contributed by atoms with van der Waals surface area (Å²) in [5, 5.41) is 19.1. The molecule has 5 aromatic rings. The summed E-state index contributed by atoms with van der Waals surface area (Å²) in [6.45, 7) is 0. The number of nitrogen functional groups attached to an aromatic ring is 1. The number of para-hydroxylation sites is 2. The van der Waals surface area contributed by atoms with Gasteiger partial charge in [-0.15, -0.1) is 0 Å². The number of hydrogen-bond acceptors (Lipinski definition) is 6. The standard InChI is InChI=1S/C21H15N7O/c1-29-13-8-6-12(7-9-13)17-14(10-22)20-26-15-4-2-3-5-16(15)28(20)21-18(17)19(23)27(24)11-25-21/h2-9,11,23H,24H2,1H3. The molecule has 0 atom stereocenters. The highest BCUT2D eigenvalue weighted by molar-refractivity contribution is 6.02. The van der Waals surface area contributed by atoms with Crippen molar-refractivity contribution in [2.24, 2.45) is 0 Å². The lowest BCUT2D eigenvalue weighted by Crippen LogP contribution is -2.28. The number of benzene rings is 2. The number of nitrogens with one attached hydrogen (secondary N) is 1. The van der Waals surface area contributed by atoms with Gasteiger partial charge in [0.1, 0.15) is 23.7 Å². The van der Waals surface area contributed by atoms with Crippen molar-refractivity contribution in [1.82, 2.24) is 19.0 Å². The average molecular weight is 381 g/mol. The first-order valence-electron chi connectivity index (χ1n) is 8.82. The largest absolute Gasteiger partial charge is 0.497 e. The highest BCUT2D eigenvalue weighted by Crippen LogP contribution is 2.34. The number of nitrogens with two attached hydrogens (primary N) is 1. The summed E-state index contributed by atoms with van der Waals surface area (Å²) in [5.74, 6) is 6.64. The molecule has 0 bridgehead atoms. The van der Waals surface area contributed by atoms with Crippen LogP contribution >= 0.6 is 0 Å². The van der Waals surface area contributed by atoms with Crippen molar-refractivity contribution in [3.05, 3.63) is 65.9 Å². The van der Waals surface area contributed by atoms with Gasteiger partial charge in [-0.3, -0.25) is 9.81 Å². The Morgan fingerprint density at radius 1 is 1.10 bits per heavy atom. The molecule has 5 rings (SSSR count). The molecule has 0 aliphatic carbocycles. The number of methoxy groups -OCH3 is 1. The van der Waals surface area contributed by atoms with Crippen LogP contribution in [-0.2, 0) is 0 Å². The van der Waals surface area contributed by atoms with Crippen molar-refractivity contribution in [3.8, 4) is 22.9 Å². The second-order valence-corrected chi connectivity index (χ2v) is 6.55. The van der Waals surface area contributed by atoms with E-state index >= 15 is 0 Å². The molecular weight excluding hydrogens is 366 g/mol. The highest BCUT2D eigenvalue weighted by Gasteiger charge is 2.22. The van der Waals surface area contributed by atoms with E-state index in [1.165, 1.54) is 6.33 Å². The SMILES string of the molecule is COc1ccc(-c2c(C#N)c3nc4ccccc4n3c3ncn(N)c(=N)c23)cc1. The van der Waals surface area contributed by atoms with Crippen molar-refractivity contribution in [2.45, 2.75) is 0 Å². The van der Waals surface area contributed by atoms with Crippen LogP contribution in [0, 0.1) is 16.7 Å². The molecule has 0 spiro atoms. The van der Waals surface area contributed by atoms with Crippen LogP contribution in [0.1, 0.15) is 5.56 Å². The van der Waals surface area contributed by atoms with Gasteiger partial charge in [0.25, 0.3) is 0 Å². The van der Waals surface area contributed by atoms with Gasteiger partial charge < -0.3 is 10.6 Å². The minimum atomic E-state index is 0.0528. The molecule has 3 aromatic heterocycles. The molecule has 140 valence electrons. The number of ether oxygens (including phenoxy) is 1. The predicted octanol–water partition coefficient (Wildman–Crippen LogP) is 2.58. The number of hydrogen-bond donors (Lipinski definition) is 2. The lowest BCUT2D eigenvalue weighted by molar-refractivity contribution is 0.415. The first kappa shape index (κ1) is 16.8. The molecule has 0 aliphatic heterocycles. The predicted molar refractivity (Wildman–Crippen MR) is 109 cm³/mol. The second-order valence-electron chi connectivity index (χ2n) is 6.55. The van der Waals surface area contributed by atoms with Crippen LogP contribution in [0.25, 0.3) is 38.8 Å². The molecule has 0 aliphatic rings. The first-order chi connectivity index (χ1) is 14.1. The minimum absolute atomic E-state index is 0.0528. The fourth-order valence-corrected chi connectivity index (χ4v) is 3.67. The molecule has 29 heavy (non-hydrogen) atoms. The Kier molecular flexibility index (Phi) is 3.51. The van der Waals surface area contributed by atoms with Gasteiger partial charge >= 0.3 is 0 Å². The Hall–Kier alpha value is -4.38. The average Bonchev–Trinajstić information content (AvgIpc) is 3.15. The maximum Gasteiger partial charge on any atom is 0.158 e. The molecule has 0 unspecified atom stereocenters. The third-order valence-corrected chi connectivity index (χ3v) is 5.01. The van der Waals surface area contributed by atoms with E-state index in [1.807, 2.05) is 52.9 Å². The molecule has 3 heterocycles. The van der Waals surface area contributed by atoms with E-state index < -0.39 is 0 Å². The molecule has 0 fully saturated rings. The zero-order chi connectivity index (χ0) is 20.1. The Morgan fingerprint density at radius 3 is 2.59 bits per heavy atom. The van der Waals surface area contributed by atoms with Crippen LogP contribution in [0.2, 0.25) is 0 Å². The molecule has 0 amide bonds. The number of aromatic nitrogens is 4. The first-order valence-corrected chi connectivity index (χ1v) is 8.82. The third-order valence-electron chi connectivity index (χ3n) is 5.01. The smallest absolute Gasteiger partial charge is 0.158 e. The molecule has 0 radical (unpaired) electrons. The van der Waals surface area contributed by atoms with E-state index in [0.717, 1.165) is 21.3 Å². The Labute approximate surface area is 164 Å². The number of nitrogens with zero attached hydrogens (tertiary/aromatic N) is 5. The molecule has 0 saturated carbocycles. The van der Waals surface area contributed by atoms with Gasteiger partial charge in [-0.25, -0.2) is 14.6 Å². The van der Waals surface area contributed by atoms with Crippen LogP contribution < -0.4 is 16.1 Å². The van der Waals surface area contributed by atoms with Crippen molar-refractivity contribution >= 4 is 27.7 Å². The summed E-state index contributed by atoms with van der Waals surface area (Å²) in [6.07, 6.45) is 1.39. The Morgan fingerprint density at radius 2 is 1.86 bits per heavy atom. The zero-order valence-electron chi connectivity index (χ0n) is 15.4. The maximum absolute atomic E-state index is 10.1. The molecule has 8 heteroatoms. The quantitative estimate of drug-likeness (QED) is 0.456. The van der Waals surface area contributed by atoms with E-state index in [-0.39, 0.29) is 5.49 Å². The summed E-state index contributed by atoms with van der Waals surface area (Å²) >= 11 is 0. The van der Waals surface area contributed by atoms with Crippen LogP contribution in [0.4, 0.5) is 0 Å². The summed E-state index contributed by atoms with van der Waals surface area (Å²) in [7, 11) is 1.59. The van der Waals surface area contributed by atoms with Crippen LogP contribution in [0.3, 0.4) is 0 Å². The topological polar surface area (TPSA) is 118 Å². The monoisotopic (exact) mass is 381 g/mol. The number of pyridine rings is 1. The minimum Gasteiger partial charge on any atom is -0.497 e. The summed E-state index contributed by atoms with van der Waals surface area (Å²) in [5.41, 5.74) is 4.31. The van der Waals surface area contributed by atoms with Crippen molar-refractivity contribution in [2.75, 3.05) is 13.0 Å². The van der Waals surface area contributed by atoms with Gasteiger partial charge in [0.2, 0.25) is 0 Å². The Bertz CT molecular complexity index is 1520. The third kappa shape index (κ3) is 2.28. The van der Waals surface area contributed by atoms with E-state index in [9.17, 15) is 5.26 Å². The van der Waals surface area contributed by atoms with Crippen molar-refractivity contribution in [1.29, 1.82) is 10.7 Å². The molecule has 3 N–H and O–H groups in total. The van der Waals surface area contributed by atoms with Gasteiger partial charge in [-0.1, -0.05) is 24.3 Å². The fourth-order valence-electron chi connectivity index (χ4n) is 3.67. The van der Waals surface area contributed by atoms with Crippen LogP contribution in [0.15, 0.2) is 54.9 Å². The molecule has 2 aromatic carbocycles. The van der Waals surface area contributed by atoms with E-state index in [2.05, 4.69) is 16.0 Å². The summed E-state index contributed by atoms with van der Waals surface area (Å²) in [4.78, 5) is 9.18. The summed E-state index contributed by atoms with van der Waals surface area (Å²) in [6, 6.07) is 17.2. The molecular formula is C21H15N7O. The maximum atomic E-state index is 10.1. The number of imidazole rings is 1. The lowest BCUT2D eigenvalue weighted by Gasteiger charge is -2.13. The van der Waals surface area contributed by atoms with Crippen molar-refractivity contribution < 1.29 is 4.74 Å². The van der Waals surface area contributed by atoms with Gasteiger partial charge in [0, 0.05) is 5.56 Å². The number of fused-ring (bicyclic) bond motifs is 5. The second kappa shape index (κ2) is 6.07. The van der Waals surface area contributed by atoms with Gasteiger partial charge in [-0.05, 0) is 29.8 Å². The van der Waals surface area contributed by atoms with E-state index in [4.69, 9.17) is 16.0 Å². The van der Waals surface area contributed by atoms with Gasteiger partial charge in [0.15, 0.2) is 16.8 Å². The van der Waals surface area contributed by atoms with Crippen LogP contribution in [0.5, 0.6) is 5.75 Å². The highest BCUT2D eigenvalue weighted by atomic mass is 16.5. The number of nitriles is 1. The fraction of sp³-hybridized carbons (Fsp3) is 0.0476. The molecule has 0 saturated heterocycles. The van der Waals surface area contributed by atoms with Crippen LogP contribution in [-0.4, -0.2) is 26.2 Å². The van der Waals surface area contributed by atoms with Gasteiger partial charge in [0.05, 0.1) is 23.5 Å². The van der Waals surface area contributed by atoms with Crippen molar-refractivity contribution in [3.63, 3.8) is 0 Å². The number of rotatable bonds is 2. The van der Waals surface area contributed by atoms with E-state index in [1.54, 1.807) is 7.11 Å². The lowest BCUT2D eigenvalue weighted by atomic mass is 9.98. The zero-order valence-corrected chi connectivity index (χ0v) is 15.4.